The smallest absolute Gasteiger partial charge is 0.408 e. The first-order valence-electron chi connectivity index (χ1n) is 12.3. The fraction of sp³-hybridized carbons (Fsp3) is 0.345. The molecule has 0 spiro atoms. The molecule has 2 aromatic carbocycles. The molecule has 2 unspecified atom stereocenters. The van der Waals surface area contributed by atoms with Crippen LogP contribution in [0, 0.1) is 23.7 Å². The van der Waals surface area contributed by atoms with Crippen molar-refractivity contribution in [1.29, 1.82) is 5.26 Å². The number of carbonyl (C=O) groups excluding carboxylic acids is 4. The van der Waals surface area contributed by atoms with Gasteiger partial charge in [0.15, 0.2) is 0 Å². The minimum absolute atomic E-state index is 0.182. The van der Waals surface area contributed by atoms with Gasteiger partial charge in [-0.15, -0.1) is 6.42 Å². The summed E-state index contributed by atoms with van der Waals surface area (Å²) in [5.74, 6) is 0.942. The Labute approximate surface area is 233 Å². The Kier molecular flexibility index (Phi) is 11.1. The molecule has 0 saturated heterocycles. The van der Waals surface area contributed by atoms with E-state index in [9.17, 15) is 24.4 Å². The van der Waals surface area contributed by atoms with E-state index in [0.717, 1.165) is 4.90 Å². The fourth-order valence-electron chi connectivity index (χ4n) is 3.69. The molecule has 2 aromatic rings. The Morgan fingerprint density at radius 1 is 1.07 bits per heavy atom. The molecule has 40 heavy (non-hydrogen) atoms. The van der Waals surface area contributed by atoms with Gasteiger partial charge in [0.2, 0.25) is 11.8 Å². The fourth-order valence-corrected chi connectivity index (χ4v) is 3.69. The molecule has 0 heterocycles. The molecular formula is C29H33N5O6. The highest BCUT2D eigenvalue weighted by Gasteiger charge is 2.36. The monoisotopic (exact) mass is 547 g/mol. The van der Waals surface area contributed by atoms with E-state index in [2.05, 4.69) is 16.6 Å². The third-order valence-electron chi connectivity index (χ3n) is 5.50. The lowest BCUT2D eigenvalue weighted by Gasteiger charge is -2.33. The number of amides is 4. The summed E-state index contributed by atoms with van der Waals surface area (Å²) in [6.07, 6.45) is 4.13. The van der Waals surface area contributed by atoms with Crippen LogP contribution in [0.2, 0.25) is 0 Å². The maximum absolute atomic E-state index is 13.8. The normalized spacial score (nSPS) is 12.1. The summed E-state index contributed by atoms with van der Waals surface area (Å²) >= 11 is 0. The van der Waals surface area contributed by atoms with Gasteiger partial charge in [-0.2, -0.15) is 5.26 Å². The van der Waals surface area contributed by atoms with Crippen LogP contribution in [0.25, 0.3) is 0 Å². The molecule has 2 rings (SSSR count). The molecule has 11 heteroatoms. The zero-order valence-corrected chi connectivity index (χ0v) is 22.9. The zero-order chi connectivity index (χ0) is 29.9. The summed E-state index contributed by atoms with van der Waals surface area (Å²) in [4.78, 5) is 52.6. The van der Waals surface area contributed by atoms with Gasteiger partial charge < -0.3 is 30.7 Å². The number of nitrogens with zero attached hydrogens (tertiary/aromatic N) is 2. The number of methoxy groups -OCH3 is 1. The number of hydrogen-bond donors (Lipinski definition) is 3. The number of anilines is 1. The molecule has 0 aliphatic rings. The van der Waals surface area contributed by atoms with Crippen molar-refractivity contribution >= 4 is 29.5 Å². The Balaban J connectivity index is 2.51. The van der Waals surface area contributed by atoms with Gasteiger partial charge in [0.25, 0.3) is 5.91 Å². The highest BCUT2D eigenvalue weighted by molar-refractivity contribution is 5.99. The number of nitriles is 1. The second-order valence-electron chi connectivity index (χ2n) is 9.71. The van der Waals surface area contributed by atoms with E-state index < -0.39 is 48.0 Å². The predicted octanol–water partition coefficient (Wildman–Crippen LogP) is 2.87. The minimum Gasteiger partial charge on any atom is -0.497 e. The lowest BCUT2D eigenvalue weighted by atomic mass is 10.00. The minimum atomic E-state index is -1.32. The lowest BCUT2D eigenvalue weighted by molar-refractivity contribution is -0.140. The van der Waals surface area contributed by atoms with Crippen LogP contribution in [-0.4, -0.2) is 54.0 Å². The highest BCUT2D eigenvalue weighted by atomic mass is 16.6. The molecule has 0 aromatic heterocycles. The van der Waals surface area contributed by atoms with Crippen molar-refractivity contribution in [2.75, 3.05) is 19.0 Å². The van der Waals surface area contributed by atoms with Crippen LogP contribution < -0.4 is 21.1 Å². The lowest BCUT2D eigenvalue weighted by Crippen LogP contribution is -2.52. The maximum Gasteiger partial charge on any atom is 0.408 e. The Morgan fingerprint density at radius 3 is 2.20 bits per heavy atom. The van der Waals surface area contributed by atoms with Gasteiger partial charge in [0, 0.05) is 17.7 Å². The second kappa shape index (κ2) is 14.2. The van der Waals surface area contributed by atoms with Gasteiger partial charge >= 0.3 is 6.09 Å². The topological polar surface area (TPSA) is 164 Å². The first-order valence-corrected chi connectivity index (χ1v) is 12.3. The number of nitrogens with one attached hydrogen (secondary N) is 2. The van der Waals surface area contributed by atoms with Crippen molar-refractivity contribution in [2.45, 2.75) is 51.3 Å². The van der Waals surface area contributed by atoms with Crippen LogP contribution in [0.4, 0.5) is 10.5 Å². The second-order valence-corrected chi connectivity index (χ2v) is 9.71. The molecule has 0 fully saturated rings. The van der Waals surface area contributed by atoms with E-state index in [4.69, 9.17) is 21.6 Å². The SMILES string of the molecule is C#Cc1ccc(C(C(=O)Nc2ccc(OC)cc2)N(CC#N)C(=O)C(CCC(N)=O)NC(=O)OC(C)(C)C)cc1. The molecule has 4 amide bonds. The summed E-state index contributed by atoms with van der Waals surface area (Å²) in [6, 6.07) is 12.2. The van der Waals surface area contributed by atoms with Crippen molar-refractivity contribution in [1.82, 2.24) is 10.2 Å². The maximum atomic E-state index is 13.8. The molecule has 210 valence electrons. The van der Waals surface area contributed by atoms with Gasteiger partial charge in [0.1, 0.15) is 30.0 Å². The van der Waals surface area contributed by atoms with Gasteiger partial charge in [-0.1, -0.05) is 18.1 Å². The van der Waals surface area contributed by atoms with E-state index in [-0.39, 0.29) is 12.8 Å². The van der Waals surface area contributed by atoms with E-state index >= 15 is 0 Å². The molecule has 2 atom stereocenters. The van der Waals surface area contributed by atoms with Gasteiger partial charge in [-0.25, -0.2) is 4.79 Å². The molecular weight excluding hydrogens is 514 g/mol. The average molecular weight is 548 g/mol. The van der Waals surface area contributed by atoms with Gasteiger partial charge in [-0.3, -0.25) is 14.4 Å². The first kappa shape index (κ1) is 31.2. The number of nitrogens with two attached hydrogens (primary N) is 1. The molecule has 0 bridgehead atoms. The third kappa shape index (κ3) is 9.37. The molecule has 0 saturated carbocycles. The molecule has 4 N–H and O–H groups in total. The molecule has 11 nitrogen and oxygen atoms in total. The van der Waals surface area contributed by atoms with E-state index in [0.29, 0.717) is 22.6 Å². The van der Waals surface area contributed by atoms with Crippen molar-refractivity contribution in [3.8, 4) is 24.2 Å². The van der Waals surface area contributed by atoms with Crippen LogP contribution in [0.5, 0.6) is 5.75 Å². The van der Waals surface area contributed by atoms with Gasteiger partial charge in [0.05, 0.1) is 13.2 Å². The predicted molar refractivity (Wildman–Crippen MR) is 148 cm³/mol. The standard InChI is InChI=1S/C29H33N5O6/c1-6-19-7-9-20(10-8-19)25(26(36)32-21-11-13-22(39-5)14-12-21)34(18-17-30)27(37)23(15-16-24(31)35)33-28(38)40-29(2,3)4/h1,7-14,23,25H,15-16,18H2,2-5H3,(H2,31,35)(H,32,36)(H,33,38). The zero-order valence-electron chi connectivity index (χ0n) is 22.9. The van der Waals surface area contributed by atoms with Crippen molar-refractivity contribution in [2.24, 2.45) is 5.73 Å². The number of hydrogen-bond acceptors (Lipinski definition) is 7. The number of primary amides is 1. The third-order valence-corrected chi connectivity index (χ3v) is 5.50. The summed E-state index contributed by atoms with van der Waals surface area (Å²) < 4.78 is 10.4. The Hall–Kier alpha value is -5.03. The number of rotatable bonds is 11. The van der Waals surface area contributed by atoms with Crippen LogP contribution in [0.15, 0.2) is 48.5 Å². The summed E-state index contributed by atoms with van der Waals surface area (Å²) in [5, 5.41) is 14.8. The number of terminal acetylenes is 1. The Bertz CT molecular complexity index is 1290. The summed E-state index contributed by atoms with van der Waals surface area (Å²) in [6.45, 7) is 4.43. The van der Waals surface area contributed by atoms with Crippen LogP contribution >= 0.6 is 0 Å². The van der Waals surface area contributed by atoms with Crippen molar-refractivity contribution in [3.05, 3.63) is 59.7 Å². The summed E-state index contributed by atoms with van der Waals surface area (Å²) in [7, 11) is 1.51. The quantitative estimate of drug-likeness (QED) is 0.288. The number of carbonyl (C=O) groups is 4. The number of ether oxygens (including phenoxy) is 2. The van der Waals surface area contributed by atoms with Crippen molar-refractivity contribution < 1.29 is 28.7 Å². The van der Waals surface area contributed by atoms with E-state index in [1.165, 1.54) is 7.11 Å². The number of benzene rings is 2. The van der Waals surface area contributed by atoms with Crippen LogP contribution in [0.3, 0.4) is 0 Å². The molecule has 0 aliphatic heterocycles. The van der Waals surface area contributed by atoms with Crippen LogP contribution in [0.1, 0.15) is 50.8 Å². The van der Waals surface area contributed by atoms with Crippen molar-refractivity contribution in [3.63, 3.8) is 0 Å². The largest absolute Gasteiger partial charge is 0.497 e. The molecule has 0 aliphatic carbocycles. The summed E-state index contributed by atoms with van der Waals surface area (Å²) in [5.41, 5.74) is 5.74. The average Bonchev–Trinajstić information content (AvgIpc) is 2.90. The van der Waals surface area contributed by atoms with E-state index in [1.54, 1.807) is 69.3 Å². The highest BCUT2D eigenvalue weighted by Crippen LogP contribution is 2.26. The van der Waals surface area contributed by atoms with Crippen LogP contribution in [-0.2, 0) is 19.1 Å². The molecule has 0 radical (unpaired) electrons. The number of alkyl carbamates (subject to hydrolysis) is 1. The van der Waals surface area contributed by atoms with E-state index in [1.807, 2.05) is 6.07 Å². The Morgan fingerprint density at radius 2 is 1.70 bits per heavy atom. The first-order chi connectivity index (χ1) is 18.9. The van der Waals surface area contributed by atoms with Gasteiger partial charge in [-0.05, 0) is 69.2 Å².